The van der Waals surface area contributed by atoms with Gasteiger partial charge >= 0.3 is 5.97 Å². The van der Waals surface area contributed by atoms with Crippen LogP contribution in [0.15, 0.2) is 65.3 Å². The van der Waals surface area contributed by atoms with Gasteiger partial charge in [-0.3, -0.25) is 4.79 Å². The Kier molecular flexibility index (Phi) is 4.61. The van der Waals surface area contributed by atoms with Gasteiger partial charge in [0.2, 0.25) is 0 Å². The van der Waals surface area contributed by atoms with Gasteiger partial charge in [0.05, 0.1) is 18.4 Å². The lowest BCUT2D eigenvalue weighted by Crippen LogP contribution is -2.30. The maximum Gasteiger partial charge on any atom is 0.339 e. The Hall–Kier alpha value is -3.08. The fourth-order valence-corrected chi connectivity index (χ4v) is 2.44. The van der Waals surface area contributed by atoms with Crippen molar-refractivity contribution in [2.45, 2.75) is 6.54 Å². The Morgan fingerprint density at radius 3 is 2.62 bits per heavy atom. The van der Waals surface area contributed by atoms with E-state index in [4.69, 9.17) is 9.15 Å². The van der Waals surface area contributed by atoms with Crippen LogP contribution in [0, 0.1) is 0 Å². The quantitative estimate of drug-likeness (QED) is 0.676. The van der Waals surface area contributed by atoms with Crippen molar-refractivity contribution in [2.75, 3.05) is 13.7 Å². The monoisotopic (exact) mass is 323 g/mol. The molecule has 0 atom stereocenters. The molecule has 0 aliphatic heterocycles. The molecule has 1 heterocycles. The first kappa shape index (κ1) is 15.8. The SMILES string of the molecule is CN(Cc1ccco1)C(=O)COC(=O)c1cccc2ccccc12. The van der Waals surface area contributed by atoms with Gasteiger partial charge in [-0.2, -0.15) is 0 Å². The molecule has 0 N–H and O–H groups in total. The molecule has 2 aromatic carbocycles. The van der Waals surface area contributed by atoms with E-state index in [0.29, 0.717) is 17.9 Å². The number of furan rings is 1. The number of fused-ring (bicyclic) bond motifs is 1. The topological polar surface area (TPSA) is 59.8 Å². The Bertz CT molecular complexity index is 849. The molecule has 5 heteroatoms. The van der Waals surface area contributed by atoms with Gasteiger partial charge in [-0.1, -0.05) is 36.4 Å². The molecule has 24 heavy (non-hydrogen) atoms. The molecule has 0 fully saturated rings. The molecular formula is C19H17NO4. The van der Waals surface area contributed by atoms with Crippen LogP contribution in [0.1, 0.15) is 16.1 Å². The number of esters is 1. The minimum Gasteiger partial charge on any atom is -0.467 e. The second kappa shape index (κ2) is 7.00. The van der Waals surface area contributed by atoms with Crippen LogP contribution in [-0.4, -0.2) is 30.4 Å². The third-order valence-corrected chi connectivity index (χ3v) is 3.74. The highest BCUT2D eigenvalue weighted by atomic mass is 16.5. The number of rotatable bonds is 5. The van der Waals surface area contributed by atoms with Crippen molar-refractivity contribution in [3.8, 4) is 0 Å². The highest BCUT2D eigenvalue weighted by molar-refractivity contribution is 6.04. The Labute approximate surface area is 139 Å². The highest BCUT2D eigenvalue weighted by Gasteiger charge is 2.16. The molecule has 0 saturated heterocycles. The summed E-state index contributed by atoms with van der Waals surface area (Å²) < 4.78 is 10.4. The molecule has 0 unspecified atom stereocenters. The number of carbonyl (C=O) groups excluding carboxylic acids is 2. The van der Waals surface area contributed by atoms with E-state index in [2.05, 4.69) is 0 Å². The number of likely N-dealkylation sites (N-methyl/N-ethyl adjacent to an activating group) is 1. The first-order chi connectivity index (χ1) is 11.6. The summed E-state index contributed by atoms with van der Waals surface area (Å²) in [6.07, 6.45) is 1.55. The Balaban J connectivity index is 1.63. The molecule has 0 aliphatic rings. The van der Waals surface area contributed by atoms with Gasteiger partial charge in [0.25, 0.3) is 5.91 Å². The Morgan fingerprint density at radius 2 is 1.83 bits per heavy atom. The summed E-state index contributed by atoms with van der Waals surface area (Å²) in [5.41, 5.74) is 0.453. The van der Waals surface area contributed by atoms with Gasteiger partial charge in [-0.25, -0.2) is 4.79 Å². The van der Waals surface area contributed by atoms with E-state index in [1.165, 1.54) is 4.90 Å². The van der Waals surface area contributed by atoms with Gasteiger partial charge in [0.15, 0.2) is 6.61 Å². The molecular weight excluding hydrogens is 306 g/mol. The van der Waals surface area contributed by atoms with Gasteiger partial charge in [-0.05, 0) is 29.0 Å². The lowest BCUT2D eigenvalue weighted by molar-refractivity contribution is -0.133. The standard InChI is InChI=1S/C19H17NO4/c1-20(12-15-8-5-11-23-15)18(21)13-24-19(22)17-10-4-7-14-6-2-3-9-16(14)17/h2-11H,12-13H2,1H3. The van der Waals surface area contributed by atoms with Crippen molar-refractivity contribution < 1.29 is 18.7 Å². The van der Waals surface area contributed by atoms with E-state index in [9.17, 15) is 9.59 Å². The normalized spacial score (nSPS) is 10.5. The maximum atomic E-state index is 12.3. The first-order valence-corrected chi connectivity index (χ1v) is 7.56. The van der Waals surface area contributed by atoms with Crippen molar-refractivity contribution in [2.24, 2.45) is 0 Å². The molecule has 122 valence electrons. The van der Waals surface area contributed by atoms with Crippen molar-refractivity contribution in [3.05, 3.63) is 72.2 Å². The average Bonchev–Trinajstić information content (AvgIpc) is 3.11. The fourth-order valence-electron chi connectivity index (χ4n) is 2.44. The Morgan fingerprint density at radius 1 is 1.04 bits per heavy atom. The molecule has 1 aromatic heterocycles. The van der Waals surface area contributed by atoms with Gasteiger partial charge in [-0.15, -0.1) is 0 Å². The summed E-state index contributed by atoms with van der Waals surface area (Å²) in [4.78, 5) is 25.8. The lowest BCUT2D eigenvalue weighted by atomic mass is 10.1. The zero-order valence-corrected chi connectivity index (χ0v) is 13.3. The van der Waals surface area contributed by atoms with Crippen molar-refractivity contribution >= 4 is 22.6 Å². The largest absolute Gasteiger partial charge is 0.467 e. The minimum absolute atomic E-state index is 0.292. The van der Waals surface area contributed by atoms with Crippen LogP contribution in [0.4, 0.5) is 0 Å². The van der Waals surface area contributed by atoms with E-state index in [1.54, 1.807) is 37.6 Å². The van der Waals surface area contributed by atoms with E-state index >= 15 is 0 Å². The number of amides is 1. The minimum atomic E-state index is -0.508. The molecule has 0 spiro atoms. The zero-order chi connectivity index (χ0) is 16.9. The second-order valence-electron chi connectivity index (χ2n) is 5.43. The summed E-state index contributed by atoms with van der Waals surface area (Å²) >= 11 is 0. The molecule has 0 aliphatic carbocycles. The van der Waals surface area contributed by atoms with Crippen LogP contribution < -0.4 is 0 Å². The summed E-state index contributed by atoms with van der Waals surface area (Å²) in [6, 6.07) is 16.5. The highest BCUT2D eigenvalue weighted by Crippen LogP contribution is 2.19. The number of hydrogen-bond donors (Lipinski definition) is 0. The molecule has 0 saturated carbocycles. The smallest absolute Gasteiger partial charge is 0.339 e. The number of ether oxygens (including phenoxy) is 1. The average molecular weight is 323 g/mol. The van der Waals surface area contributed by atoms with Crippen LogP contribution in [0.2, 0.25) is 0 Å². The van der Waals surface area contributed by atoms with Crippen LogP contribution in [-0.2, 0) is 16.1 Å². The van der Waals surface area contributed by atoms with Crippen LogP contribution in [0.3, 0.4) is 0 Å². The predicted octanol–water partition coefficient (Wildman–Crippen LogP) is 3.25. The molecule has 3 rings (SSSR count). The number of nitrogens with zero attached hydrogens (tertiary/aromatic N) is 1. The molecule has 0 radical (unpaired) electrons. The van der Waals surface area contributed by atoms with Crippen molar-refractivity contribution in [1.29, 1.82) is 0 Å². The fraction of sp³-hybridized carbons (Fsp3) is 0.158. The van der Waals surface area contributed by atoms with Gasteiger partial charge in [0.1, 0.15) is 5.76 Å². The third kappa shape index (κ3) is 3.46. The number of hydrogen-bond acceptors (Lipinski definition) is 4. The maximum absolute atomic E-state index is 12.3. The lowest BCUT2D eigenvalue weighted by Gasteiger charge is -2.15. The van der Waals surface area contributed by atoms with E-state index in [-0.39, 0.29) is 12.5 Å². The van der Waals surface area contributed by atoms with E-state index in [1.807, 2.05) is 30.3 Å². The summed E-state index contributed by atoms with van der Waals surface area (Å²) in [5.74, 6) is -0.127. The molecule has 5 nitrogen and oxygen atoms in total. The molecule has 3 aromatic rings. The van der Waals surface area contributed by atoms with Gasteiger partial charge in [0, 0.05) is 7.05 Å². The van der Waals surface area contributed by atoms with E-state index in [0.717, 1.165) is 10.8 Å². The molecule has 1 amide bonds. The van der Waals surface area contributed by atoms with E-state index < -0.39 is 5.97 Å². The van der Waals surface area contributed by atoms with Crippen LogP contribution >= 0.6 is 0 Å². The van der Waals surface area contributed by atoms with Crippen molar-refractivity contribution in [3.63, 3.8) is 0 Å². The molecule has 0 bridgehead atoms. The second-order valence-corrected chi connectivity index (χ2v) is 5.43. The summed E-state index contributed by atoms with van der Waals surface area (Å²) in [6.45, 7) is 0.0247. The number of carbonyl (C=O) groups is 2. The summed E-state index contributed by atoms with van der Waals surface area (Å²) in [5, 5.41) is 1.76. The summed E-state index contributed by atoms with van der Waals surface area (Å²) in [7, 11) is 1.64. The third-order valence-electron chi connectivity index (χ3n) is 3.74. The predicted molar refractivity (Wildman–Crippen MR) is 89.4 cm³/mol. The van der Waals surface area contributed by atoms with Crippen LogP contribution in [0.5, 0.6) is 0 Å². The van der Waals surface area contributed by atoms with Gasteiger partial charge < -0.3 is 14.1 Å². The zero-order valence-electron chi connectivity index (χ0n) is 13.3. The number of benzene rings is 2. The first-order valence-electron chi connectivity index (χ1n) is 7.56. The van der Waals surface area contributed by atoms with Crippen molar-refractivity contribution in [1.82, 2.24) is 4.90 Å². The van der Waals surface area contributed by atoms with Crippen LogP contribution in [0.25, 0.3) is 10.8 Å².